The van der Waals surface area contributed by atoms with Crippen LogP contribution in [-0.4, -0.2) is 31.6 Å². The summed E-state index contributed by atoms with van der Waals surface area (Å²) < 4.78 is 4.97. The Labute approximate surface area is 119 Å². The third kappa shape index (κ3) is 5.84. The Bertz CT molecular complexity index is 434. The number of ether oxygens (including phenoxy) is 1. The first kappa shape index (κ1) is 16.2. The van der Waals surface area contributed by atoms with Gasteiger partial charge in [0.2, 0.25) is 11.8 Å². The summed E-state index contributed by atoms with van der Waals surface area (Å²) in [5.74, 6) is -0.270. The summed E-state index contributed by atoms with van der Waals surface area (Å²) in [5, 5.41) is 5.64. The molecule has 0 radical (unpaired) electrons. The molecular formula is C15H22N2O3. The van der Waals surface area contributed by atoms with Crippen LogP contribution in [0.15, 0.2) is 30.3 Å². The number of methoxy groups -OCH3 is 1. The van der Waals surface area contributed by atoms with E-state index in [0.29, 0.717) is 6.61 Å². The van der Waals surface area contributed by atoms with Gasteiger partial charge in [-0.15, -0.1) is 0 Å². The van der Waals surface area contributed by atoms with Crippen molar-refractivity contribution in [1.29, 1.82) is 0 Å². The highest BCUT2D eigenvalue weighted by Gasteiger charge is 2.17. The van der Waals surface area contributed by atoms with Crippen molar-refractivity contribution >= 4 is 11.8 Å². The van der Waals surface area contributed by atoms with E-state index in [1.165, 1.54) is 6.92 Å². The van der Waals surface area contributed by atoms with E-state index in [1.54, 1.807) is 7.11 Å². The van der Waals surface area contributed by atoms with Gasteiger partial charge in [0.1, 0.15) is 0 Å². The van der Waals surface area contributed by atoms with Crippen molar-refractivity contribution < 1.29 is 14.3 Å². The maximum absolute atomic E-state index is 12.0. The number of carbonyl (C=O) groups excluding carboxylic acids is 2. The maximum Gasteiger partial charge on any atom is 0.222 e. The number of amides is 2. The summed E-state index contributed by atoms with van der Waals surface area (Å²) in [6.07, 6.45) is 0.206. The van der Waals surface area contributed by atoms with E-state index in [9.17, 15) is 9.59 Å². The normalized spacial score (nSPS) is 13.3. The maximum atomic E-state index is 12.0. The summed E-state index contributed by atoms with van der Waals surface area (Å²) >= 11 is 0. The lowest BCUT2D eigenvalue weighted by molar-refractivity contribution is -0.123. The van der Waals surface area contributed by atoms with Crippen LogP contribution in [0.5, 0.6) is 0 Å². The zero-order valence-electron chi connectivity index (χ0n) is 12.2. The van der Waals surface area contributed by atoms with Crippen molar-refractivity contribution in [2.75, 3.05) is 13.7 Å². The van der Waals surface area contributed by atoms with Crippen molar-refractivity contribution in [3.8, 4) is 0 Å². The SMILES string of the molecule is COC[C@@H](C)NC(=O)C[C@H](NC(C)=O)c1ccccc1. The molecule has 2 amide bonds. The number of hydrogen-bond acceptors (Lipinski definition) is 3. The fourth-order valence-corrected chi connectivity index (χ4v) is 1.99. The number of nitrogens with one attached hydrogen (secondary N) is 2. The lowest BCUT2D eigenvalue weighted by Crippen LogP contribution is -2.38. The second-order valence-corrected chi connectivity index (χ2v) is 4.79. The van der Waals surface area contributed by atoms with Crippen LogP contribution in [0.3, 0.4) is 0 Å². The first-order valence-corrected chi connectivity index (χ1v) is 6.63. The minimum Gasteiger partial charge on any atom is -0.383 e. The molecule has 5 nitrogen and oxygen atoms in total. The van der Waals surface area contributed by atoms with Gasteiger partial charge in [0.05, 0.1) is 19.1 Å². The molecule has 1 rings (SSSR count). The van der Waals surface area contributed by atoms with Crippen molar-refractivity contribution in [3.05, 3.63) is 35.9 Å². The first-order valence-electron chi connectivity index (χ1n) is 6.63. The molecule has 0 unspecified atom stereocenters. The average molecular weight is 278 g/mol. The second kappa shape index (κ2) is 8.32. The monoisotopic (exact) mass is 278 g/mol. The molecule has 0 aliphatic heterocycles. The van der Waals surface area contributed by atoms with Gasteiger partial charge in [-0.25, -0.2) is 0 Å². The molecule has 0 aliphatic carbocycles. The fraction of sp³-hybridized carbons (Fsp3) is 0.467. The van der Waals surface area contributed by atoms with Crippen molar-refractivity contribution in [1.82, 2.24) is 10.6 Å². The molecule has 0 saturated carbocycles. The molecule has 0 spiro atoms. The van der Waals surface area contributed by atoms with Gasteiger partial charge in [0.15, 0.2) is 0 Å². The second-order valence-electron chi connectivity index (χ2n) is 4.79. The summed E-state index contributed by atoms with van der Waals surface area (Å²) in [7, 11) is 1.59. The van der Waals surface area contributed by atoms with Crippen molar-refractivity contribution in [3.63, 3.8) is 0 Å². The van der Waals surface area contributed by atoms with E-state index in [-0.39, 0.29) is 30.3 Å². The molecule has 0 fully saturated rings. The largest absolute Gasteiger partial charge is 0.383 e. The minimum atomic E-state index is -0.316. The Morgan fingerprint density at radius 1 is 1.20 bits per heavy atom. The molecule has 0 bridgehead atoms. The van der Waals surface area contributed by atoms with Crippen LogP contribution in [0.2, 0.25) is 0 Å². The molecule has 20 heavy (non-hydrogen) atoms. The molecule has 0 aliphatic rings. The predicted octanol–water partition coefficient (Wildman–Crippen LogP) is 1.41. The van der Waals surface area contributed by atoms with Crippen molar-refractivity contribution in [2.24, 2.45) is 0 Å². The predicted molar refractivity (Wildman–Crippen MR) is 77.1 cm³/mol. The quantitative estimate of drug-likeness (QED) is 0.792. The van der Waals surface area contributed by atoms with Crippen LogP contribution < -0.4 is 10.6 Å². The van der Waals surface area contributed by atoms with Crippen LogP contribution in [-0.2, 0) is 14.3 Å². The average Bonchev–Trinajstić information content (AvgIpc) is 2.38. The van der Waals surface area contributed by atoms with Crippen LogP contribution in [0.1, 0.15) is 31.9 Å². The first-order chi connectivity index (χ1) is 9.52. The molecule has 2 N–H and O–H groups in total. The van der Waals surface area contributed by atoms with Crippen LogP contribution in [0.25, 0.3) is 0 Å². The van der Waals surface area contributed by atoms with E-state index in [2.05, 4.69) is 10.6 Å². The lowest BCUT2D eigenvalue weighted by Gasteiger charge is -2.19. The minimum absolute atomic E-state index is 0.0544. The van der Waals surface area contributed by atoms with E-state index < -0.39 is 0 Å². The highest BCUT2D eigenvalue weighted by atomic mass is 16.5. The van der Waals surface area contributed by atoms with E-state index in [0.717, 1.165) is 5.56 Å². The van der Waals surface area contributed by atoms with Gasteiger partial charge in [-0.3, -0.25) is 9.59 Å². The van der Waals surface area contributed by atoms with Crippen molar-refractivity contribution in [2.45, 2.75) is 32.4 Å². The topological polar surface area (TPSA) is 67.4 Å². The Morgan fingerprint density at radius 2 is 1.85 bits per heavy atom. The highest BCUT2D eigenvalue weighted by Crippen LogP contribution is 2.16. The lowest BCUT2D eigenvalue weighted by atomic mass is 10.0. The number of hydrogen-bond donors (Lipinski definition) is 2. The van der Waals surface area contributed by atoms with Gasteiger partial charge in [-0.2, -0.15) is 0 Å². The zero-order valence-corrected chi connectivity index (χ0v) is 12.2. The van der Waals surface area contributed by atoms with E-state index >= 15 is 0 Å². The molecule has 2 atom stereocenters. The van der Waals surface area contributed by atoms with E-state index in [4.69, 9.17) is 4.74 Å². The molecule has 5 heteroatoms. The Kier molecular flexibility index (Phi) is 6.73. The van der Waals surface area contributed by atoms with Gasteiger partial charge in [-0.1, -0.05) is 30.3 Å². The van der Waals surface area contributed by atoms with Gasteiger partial charge >= 0.3 is 0 Å². The number of benzene rings is 1. The molecule has 1 aromatic carbocycles. The summed E-state index contributed by atoms with van der Waals surface area (Å²) in [5.41, 5.74) is 0.914. The molecule has 0 heterocycles. The highest BCUT2D eigenvalue weighted by molar-refractivity contribution is 5.79. The van der Waals surface area contributed by atoms with Gasteiger partial charge < -0.3 is 15.4 Å². The Hall–Kier alpha value is -1.88. The van der Waals surface area contributed by atoms with Crippen LogP contribution in [0.4, 0.5) is 0 Å². The molecule has 0 aromatic heterocycles. The molecule has 1 aromatic rings. The standard InChI is InChI=1S/C15H22N2O3/c1-11(10-20-3)16-15(19)9-14(17-12(2)18)13-7-5-4-6-8-13/h4-8,11,14H,9-10H2,1-3H3,(H,16,19)(H,17,18)/t11-,14+/m1/s1. The Morgan fingerprint density at radius 3 is 2.40 bits per heavy atom. The number of carbonyl (C=O) groups is 2. The van der Waals surface area contributed by atoms with Crippen LogP contribution in [0, 0.1) is 0 Å². The molecular weight excluding hydrogens is 256 g/mol. The van der Waals surface area contributed by atoms with Crippen LogP contribution >= 0.6 is 0 Å². The Balaban J connectivity index is 2.66. The summed E-state index contributed by atoms with van der Waals surface area (Å²) in [6, 6.07) is 9.09. The number of rotatable bonds is 7. The third-order valence-electron chi connectivity index (χ3n) is 2.79. The molecule has 110 valence electrons. The van der Waals surface area contributed by atoms with Gasteiger partial charge in [-0.05, 0) is 12.5 Å². The summed E-state index contributed by atoms with van der Waals surface area (Å²) in [4.78, 5) is 23.2. The van der Waals surface area contributed by atoms with Gasteiger partial charge in [0, 0.05) is 20.1 Å². The fourth-order valence-electron chi connectivity index (χ4n) is 1.99. The van der Waals surface area contributed by atoms with Gasteiger partial charge in [0.25, 0.3) is 0 Å². The summed E-state index contributed by atoms with van der Waals surface area (Å²) in [6.45, 7) is 3.78. The van der Waals surface area contributed by atoms with E-state index in [1.807, 2.05) is 37.3 Å². The smallest absolute Gasteiger partial charge is 0.222 e. The molecule has 0 saturated heterocycles. The third-order valence-corrected chi connectivity index (χ3v) is 2.79. The zero-order chi connectivity index (χ0) is 15.0.